The highest BCUT2D eigenvalue weighted by Crippen LogP contribution is 1.98. The van der Waals surface area contributed by atoms with Crippen LogP contribution in [0.1, 0.15) is 13.8 Å². The fourth-order valence-electron chi connectivity index (χ4n) is 0.144. The second-order valence-corrected chi connectivity index (χ2v) is 2.07. The van der Waals surface area contributed by atoms with Crippen molar-refractivity contribution in [1.82, 2.24) is 0 Å². The van der Waals surface area contributed by atoms with Crippen molar-refractivity contribution in [2.45, 2.75) is 19.4 Å². The van der Waals surface area contributed by atoms with Gasteiger partial charge in [0.2, 0.25) is 0 Å². The molecule has 7 heavy (non-hydrogen) atoms. The highest BCUT2D eigenvalue weighted by atomic mass is 17.1. The molecule has 0 aliphatic carbocycles. The van der Waals surface area contributed by atoms with Crippen LogP contribution in [0.15, 0.2) is 0 Å². The largest absolute Gasteiger partial charge is 0.388 e. The second-order valence-electron chi connectivity index (χ2n) is 2.07. The summed E-state index contributed by atoms with van der Waals surface area (Å²) in [4.78, 5) is 3.41. The number of rotatable bonds is 2. The van der Waals surface area contributed by atoms with Crippen LogP contribution in [-0.4, -0.2) is 17.3 Å². The van der Waals surface area contributed by atoms with Gasteiger partial charge in [-0.25, -0.2) is 4.89 Å². The maximum atomic E-state index is 9.29. The normalized spacial score (nSPS) is 12.0. The number of hydrogen-bond acceptors (Lipinski definition) is 2. The molecular formula is C4H9O3. The summed E-state index contributed by atoms with van der Waals surface area (Å²) < 4.78 is 0. The molecular weight excluding hydrogens is 96.0 g/mol. The minimum absolute atomic E-state index is 0.160. The zero-order valence-electron chi connectivity index (χ0n) is 4.47. The van der Waals surface area contributed by atoms with Crippen LogP contribution in [0.25, 0.3) is 0 Å². The second kappa shape index (κ2) is 2.26. The molecule has 1 radical (unpaired) electrons. The molecule has 0 bridgehead atoms. The standard InChI is InChI=1S/C4H9O3/c1-4(2,5)3-7-6/h5H,3H2,1-2H3. The highest BCUT2D eigenvalue weighted by Gasteiger charge is 2.11. The molecule has 43 valence electrons. The van der Waals surface area contributed by atoms with Crippen molar-refractivity contribution in [3.63, 3.8) is 0 Å². The molecule has 0 unspecified atom stereocenters. The van der Waals surface area contributed by atoms with Gasteiger partial charge in [0.25, 0.3) is 0 Å². The molecule has 0 spiro atoms. The first kappa shape index (κ1) is 6.88. The summed E-state index contributed by atoms with van der Waals surface area (Å²) in [7, 11) is 0. The van der Waals surface area contributed by atoms with Crippen LogP contribution < -0.4 is 0 Å². The molecule has 3 nitrogen and oxygen atoms in total. The van der Waals surface area contributed by atoms with Crippen LogP contribution in [0.4, 0.5) is 0 Å². The molecule has 0 saturated heterocycles. The third-order valence-corrected chi connectivity index (χ3v) is 0.412. The van der Waals surface area contributed by atoms with Crippen LogP contribution in [0, 0.1) is 0 Å². The van der Waals surface area contributed by atoms with E-state index in [2.05, 4.69) is 4.89 Å². The maximum absolute atomic E-state index is 9.29. The van der Waals surface area contributed by atoms with Crippen molar-refractivity contribution >= 4 is 0 Å². The zero-order chi connectivity index (χ0) is 5.91. The molecule has 0 rings (SSSR count). The summed E-state index contributed by atoms with van der Waals surface area (Å²) in [5.41, 5.74) is -0.984. The molecule has 1 N–H and O–H groups in total. The first-order valence-electron chi connectivity index (χ1n) is 2.03. The molecule has 0 aromatic carbocycles. The van der Waals surface area contributed by atoms with Crippen LogP contribution in [0.2, 0.25) is 0 Å². The minimum atomic E-state index is -0.984. The van der Waals surface area contributed by atoms with Gasteiger partial charge in [-0.2, -0.15) is 0 Å². The van der Waals surface area contributed by atoms with Crippen molar-refractivity contribution in [3.8, 4) is 0 Å². The van der Waals surface area contributed by atoms with E-state index in [1.54, 1.807) is 0 Å². The molecule has 0 aliphatic rings. The minimum Gasteiger partial charge on any atom is -0.388 e. The van der Waals surface area contributed by atoms with E-state index < -0.39 is 5.60 Å². The predicted molar refractivity (Wildman–Crippen MR) is 22.9 cm³/mol. The maximum Gasteiger partial charge on any atom is 0.114 e. The Bertz CT molecular complexity index is 45.4. The van der Waals surface area contributed by atoms with Crippen molar-refractivity contribution in [2.75, 3.05) is 6.61 Å². The molecule has 3 heteroatoms. The Labute approximate surface area is 42.5 Å². The lowest BCUT2D eigenvalue weighted by Crippen LogP contribution is -2.24. The van der Waals surface area contributed by atoms with Gasteiger partial charge in [-0.1, -0.05) is 0 Å². The Morgan fingerprint density at radius 2 is 2.14 bits per heavy atom. The number of aliphatic hydroxyl groups is 1. The number of hydrogen-bond donors (Lipinski definition) is 1. The van der Waals surface area contributed by atoms with Crippen LogP contribution >= 0.6 is 0 Å². The van der Waals surface area contributed by atoms with E-state index in [1.807, 2.05) is 0 Å². The van der Waals surface area contributed by atoms with Crippen LogP contribution in [0.3, 0.4) is 0 Å². The third-order valence-electron chi connectivity index (χ3n) is 0.412. The van der Waals surface area contributed by atoms with Gasteiger partial charge in [0.15, 0.2) is 0 Å². The van der Waals surface area contributed by atoms with E-state index >= 15 is 0 Å². The summed E-state index contributed by atoms with van der Waals surface area (Å²) in [6.45, 7) is 2.85. The van der Waals surface area contributed by atoms with Crippen molar-refractivity contribution < 1.29 is 15.3 Å². The summed E-state index contributed by atoms with van der Waals surface area (Å²) in [5, 5.41) is 18.0. The summed E-state index contributed by atoms with van der Waals surface area (Å²) in [6.07, 6.45) is 0. The summed E-state index contributed by atoms with van der Waals surface area (Å²) >= 11 is 0. The predicted octanol–water partition coefficient (Wildman–Crippen LogP) is 0.119. The Kier molecular flexibility index (Phi) is 2.22. The topological polar surface area (TPSA) is 49.4 Å². The Morgan fingerprint density at radius 3 is 2.14 bits per heavy atom. The van der Waals surface area contributed by atoms with Gasteiger partial charge in [0, 0.05) is 0 Å². The molecule has 0 amide bonds. The van der Waals surface area contributed by atoms with Gasteiger partial charge in [0.05, 0.1) is 5.60 Å². The van der Waals surface area contributed by atoms with Gasteiger partial charge in [-0.15, -0.1) is 0 Å². The fourth-order valence-corrected chi connectivity index (χ4v) is 0.144. The van der Waals surface area contributed by atoms with Gasteiger partial charge in [0.1, 0.15) is 6.61 Å². The lowest BCUT2D eigenvalue weighted by Gasteiger charge is -2.11. The highest BCUT2D eigenvalue weighted by molar-refractivity contribution is 4.60. The Morgan fingerprint density at radius 1 is 1.71 bits per heavy atom. The van der Waals surface area contributed by atoms with E-state index in [9.17, 15) is 5.26 Å². The van der Waals surface area contributed by atoms with Gasteiger partial charge in [-0.05, 0) is 19.1 Å². The molecule has 0 aliphatic heterocycles. The van der Waals surface area contributed by atoms with E-state index in [-0.39, 0.29) is 6.61 Å². The zero-order valence-corrected chi connectivity index (χ0v) is 4.47. The van der Waals surface area contributed by atoms with Gasteiger partial charge in [-0.3, -0.25) is 0 Å². The smallest absolute Gasteiger partial charge is 0.114 e. The Balaban J connectivity index is 3.15. The first-order valence-corrected chi connectivity index (χ1v) is 2.03. The fraction of sp³-hybridized carbons (Fsp3) is 1.00. The molecule has 0 heterocycles. The first-order chi connectivity index (χ1) is 3.06. The van der Waals surface area contributed by atoms with E-state index in [1.165, 1.54) is 13.8 Å². The summed E-state index contributed by atoms with van der Waals surface area (Å²) in [6, 6.07) is 0. The van der Waals surface area contributed by atoms with E-state index in [0.29, 0.717) is 0 Å². The molecule has 0 aromatic rings. The average Bonchev–Trinajstić information content (AvgIpc) is 1.30. The molecule has 0 fully saturated rings. The quantitative estimate of drug-likeness (QED) is 0.400. The molecule has 0 aromatic heterocycles. The molecule has 0 saturated carbocycles. The SMILES string of the molecule is CC(C)(O)CO[O]. The monoisotopic (exact) mass is 105 g/mol. The van der Waals surface area contributed by atoms with Crippen molar-refractivity contribution in [2.24, 2.45) is 0 Å². The van der Waals surface area contributed by atoms with Crippen LogP contribution in [-0.2, 0) is 10.1 Å². The van der Waals surface area contributed by atoms with Crippen LogP contribution in [0.5, 0.6) is 0 Å². The van der Waals surface area contributed by atoms with Crippen molar-refractivity contribution in [1.29, 1.82) is 0 Å². The van der Waals surface area contributed by atoms with E-state index in [4.69, 9.17) is 5.11 Å². The Hall–Kier alpha value is -0.120. The van der Waals surface area contributed by atoms with Gasteiger partial charge < -0.3 is 5.11 Å². The third kappa shape index (κ3) is 5.88. The lowest BCUT2D eigenvalue weighted by atomic mass is 10.2. The molecule has 0 atom stereocenters. The lowest BCUT2D eigenvalue weighted by molar-refractivity contribution is -0.322. The summed E-state index contributed by atoms with van der Waals surface area (Å²) in [5.74, 6) is 0. The van der Waals surface area contributed by atoms with Gasteiger partial charge >= 0.3 is 0 Å². The average molecular weight is 105 g/mol. The van der Waals surface area contributed by atoms with E-state index in [0.717, 1.165) is 0 Å². The van der Waals surface area contributed by atoms with Crippen molar-refractivity contribution in [3.05, 3.63) is 0 Å².